The van der Waals surface area contributed by atoms with Gasteiger partial charge in [-0.15, -0.1) is 11.3 Å². The molecule has 40 heavy (non-hydrogen) atoms. The lowest BCUT2D eigenvalue weighted by atomic mass is 9.74. The van der Waals surface area contributed by atoms with Gasteiger partial charge in [0.25, 0.3) is 0 Å². The summed E-state index contributed by atoms with van der Waals surface area (Å²) in [5.41, 5.74) is 8.22. The van der Waals surface area contributed by atoms with Crippen molar-refractivity contribution in [1.82, 2.24) is 9.47 Å². The molecule has 6 rings (SSSR count). The molecule has 0 saturated heterocycles. The third-order valence-corrected chi connectivity index (χ3v) is 10.6. The Kier molecular flexibility index (Phi) is 8.09. The highest BCUT2D eigenvalue weighted by molar-refractivity contribution is 7.17. The first-order valence-electron chi connectivity index (χ1n) is 15.2. The Morgan fingerprint density at radius 3 is 2.50 bits per heavy atom. The van der Waals surface area contributed by atoms with Gasteiger partial charge >= 0.3 is 0 Å². The van der Waals surface area contributed by atoms with Crippen LogP contribution in [0.3, 0.4) is 0 Å². The van der Waals surface area contributed by atoms with E-state index in [9.17, 15) is 4.79 Å². The van der Waals surface area contributed by atoms with Crippen LogP contribution in [0.15, 0.2) is 72.4 Å². The van der Waals surface area contributed by atoms with Crippen LogP contribution < -0.4 is 0 Å². The van der Waals surface area contributed by atoms with Crippen molar-refractivity contribution in [2.75, 3.05) is 13.1 Å². The summed E-state index contributed by atoms with van der Waals surface area (Å²) in [7, 11) is 2.16. The number of Topliss-reactive ketones (excluding diaryl/α,β-unsaturated/α-hetero) is 1. The number of rotatable bonds is 8. The third-order valence-electron chi connectivity index (χ3n) is 9.30. The Hall–Kier alpha value is -2.95. The van der Waals surface area contributed by atoms with Crippen molar-refractivity contribution in [3.8, 4) is 10.4 Å². The van der Waals surface area contributed by atoms with Gasteiger partial charge in [0, 0.05) is 48.7 Å². The highest BCUT2D eigenvalue weighted by Crippen LogP contribution is 2.44. The second-order valence-corrected chi connectivity index (χ2v) is 13.1. The summed E-state index contributed by atoms with van der Waals surface area (Å²) in [5.74, 6) is 1.71. The van der Waals surface area contributed by atoms with Crippen LogP contribution in [0.1, 0.15) is 79.6 Å². The number of hydrogen-bond acceptors (Lipinski definition) is 3. The molecule has 4 aromatic rings. The maximum Gasteiger partial charge on any atom is 0.170 e. The number of aromatic nitrogens is 1. The number of hydrogen-bond donors (Lipinski definition) is 0. The van der Waals surface area contributed by atoms with Crippen LogP contribution in [0, 0.1) is 11.8 Å². The first-order chi connectivity index (χ1) is 19.5. The van der Waals surface area contributed by atoms with Crippen molar-refractivity contribution >= 4 is 33.6 Å². The average Bonchev–Trinajstić information content (AvgIpc) is 3.56. The highest BCUT2D eigenvalue weighted by Gasteiger charge is 2.31. The Labute approximate surface area is 243 Å². The summed E-state index contributed by atoms with van der Waals surface area (Å²) in [6, 6.07) is 21.7. The van der Waals surface area contributed by atoms with Crippen molar-refractivity contribution < 1.29 is 4.79 Å². The predicted molar refractivity (Wildman–Crippen MR) is 170 cm³/mol. The zero-order valence-electron chi connectivity index (χ0n) is 24.3. The van der Waals surface area contributed by atoms with E-state index >= 15 is 0 Å². The smallest absolute Gasteiger partial charge is 0.170 e. The van der Waals surface area contributed by atoms with E-state index in [0.29, 0.717) is 5.92 Å². The minimum Gasteiger partial charge on any atom is -0.350 e. The van der Waals surface area contributed by atoms with Gasteiger partial charge in [0.2, 0.25) is 0 Å². The van der Waals surface area contributed by atoms with Gasteiger partial charge in [-0.3, -0.25) is 9.69 Å². The van der Waals surface area contributed by atoms with Gasteiger partial charge < -0.3 is 4.57 Å². The highest BCUT2D eigenvalue weighted by atomic mass is 32.1. The van der Waals surface area contributed by atoms with Gasteiger partial charge in [0.15, 0.2) is 5.78 Å². The lowest BCUT2D eigenvalue weighted by Gasteiger charge is -2.37. The van der Waals surface area contributed by atoms with Gasteiger partial charge in [-0.05, 0) is 90.8 Å². The molecule has 4 heteroatoms. The predicted octanol–water partition coefficient (Wildman–Crippen LogP) is 9.38. The molecule has 0 spiro atoms. The van der Waals surface area contributed by atoms with E-state index in [1.807, 2.05) is 0 Å². The van der Waals surface area contributed by atoms with Crippen molar-refractivity contribution in [1.29, 1.82) is 0 Å². The minimum absolute atomic E-state index is 0.193. The fourth-order valence-electron chi connectivity index (χ4n) is 7.29. The zero-order chi connectivity index (χ0) is 27.6. The molecule has 0 radical (unpaired) electrons. The maximum atomic E-state index is 13.0. The minimum atomic E-state index is 0.193. The van der Waals surface area contributed by atoms with Crippen LogP contribution in [0.2, 0.25) is 0 Å². The second-order valence-electron chi connectivity index (χ2n) is 12.0. The van der Waals surface area contributed by atoms with E-state index in [2.05, 4.69) is 90.3 Å². The summed E-state index contributed by atoms with van der Waals surface area (Å²) < 4.78 is 2.27. The van der Waals surface area contributed by atoms with E-state index < -0.39 is 0 Å². The molecule has 0 unspecified atom stereocenters. The largest absolute Gasteiger partial charge is 0.350 e. The second kappa shape index (κ2) is 11.9. The number of carbonyl (C=O) groups is 1. The number of ketones is 1. The number of nitrogens with zero attached hydrogens (tertiary/aromatic N) is 2. The van der Waals surface area contributed by atoms with Crippen LogP contribution in [0.4, 0.5) is 0 Å². The van der Waals surface area contributed by atoms with Crippen LogP contribution in [-0.2, 0) is 13.6 Å². The number of aryl methyl sites for hydroxylation is 1. The molecule has 3 nitrogen and oxygen atoms in total. The quantitative estimate of drug-likeness (QED) is 0.204. The Morgan fingerprint density at radius 1 is 1.00 bits per heavy atom. The monoisotopic (exact) mass is 550 g/mol. The summed E-state index contributed by atoms with van der Waals surface area (Å²) in [6.45, 7) is 7.08. The normalized spacial score (nSPS) is 20.4. The SMILES string of the molecule is CCCC1CCC(C2=C(c3cc(-c4ccccc4)sc3C(C)=O)CCN(Cc3cn(C)c4ccccc34)C2)CC1. The van der Waals surface area contributed by atoms with Crippen molar-refractivity contribution in [2.45, 2.75) is 65.3 Å². The molecular weight excluding hydrogens is 508 g/mol. The van der Waals surface area contributed by atoms with Gasteiger partial charge in [-0.2, -0.15) is 0 Å². The van der Waals surface area contributed by atoms with Crippen LogP contribution in [0.5, 0.6) is 0 Å². The molecule has 2 aliphatic rings. The first kappa shape index (κ1) is 27.2. The molecule has 2 aromatic carbocycles. The van der Waals surface area contributed by atoms with E-state index in [1.54, 1.807) is 23.8 Å². The number of para-hydroxylation sites is 1. The van der Waals surface area contributed by atoms with Crippen molar-refractivity contribution in [3.05, 3.63) is 88.4 Å². The number of benzene rings is 2. The Morgan fingerprint density at radius 2 is 1.75 bits per heavy atom. The average molecular weight is 551 g/mol. The number of thiophene rings is 1. The van der Waals surface area contributed by atoms with E-state index in [4.69, 9.17) is 0 Å². The van der Waals surface area contributed by atoms with E-state index in [1.165, 1.54) is 76.6 Å². The standard InChI is InChI=1S/C36H42N2OS/c1-4-10-26-15-17-27(18-16-26)33-24-38(23-29-22-37(3)34-14-9-8-13-30(29)34)20-19-31(33)32-21-35(40-36(32)25(2)39)28-11-6-5-7-12-28/h5-9,11-14,21-22,26-27H,4,10,15-20,23-24H2,1-3H3. The molecule has 0 bridgehead atoms. The molecule has 208 valence electrons. The molecule has 0 amide bonds. The van der Waals surface area contributed by atoms with Crippen LogP contribution in [0.25, 0.3) is 26.9 Å². The van der Waals surface area contributed by atoms with Gasteiger partial charge in [0.1, 0.15) is 0 Å². The fourth-order valence-corrected chi connectivity index (χ4v) is 8.37. The van der Waals surface area contributed by atoms with Crippen molar-refractivity contribution in [2.24, 2.45) is 18.9 Å². The topological polar surface area (TPSA) is 25.2 Å². The van der Waals surface area contributed by atoms with Gasteiger partial charge in [-0.25, -0.2) is 0 Å². The summed E-state index contributed by atoms with van der Waals surface area (Å²) in [5, 5.41) is 1.37. The molecule has 1 aliphatic carbocycles. The molecule has 2 aromatic heterocycles. The van der Waals surface area contributed by atoms with Crippen LogP contribution in [-0.4, -0.2) is 28.3 Å². The molecule has 0 N–H and O–H groups in total. The van der Waals surface area contributed by atoms with Crippen molar-refractivity contribution in [3.63, 3.8) is 0 Å². The molecule has 3 heterocycles. The molecule has 1 saturated carbocycles. The molecule has 1 fully saturated rings. The molecule has 0 atom stereocenters. The van der Waals surface area contributed by atoms with Gasteiger partial charge in [0.05, 0.1) is 4.88 Å². The van der Waals surface area contributed by atoms with E-state index in [0.717, 1.165) is 36.9 Å². The lowest BCUT2D eigenvalue weighted by Crippen LogP contribution is -2.34. The summed E-state index contributed by atoms with van der Waals surface area (Å²) >= 11 is 1.68. The maximum absolute atomic E-state index is 13.0. The molecular formula is C36H42N2OS. The summed E-state index contributed by atoms with van der Waals surface area (Å²) in [6.07, 6.45) is 11.3. The zero-order valence-corrected chi connectivity index (χ0v) is 25.1. The number of carbonyl (C=O) groups excluding carboxylic acids is 1. The Balaban J connectivity index is 1.36. The van der Waals surface area contributed by atoms with Crippen LogP contribution >= 0.6 is 11.3 Å². The summed E-state index contributed by atoms with van der Waals surface area (Å²) in [4.78, 5) is 17.8. The number of fused-ring (bicyclic) bond motifs is 1. The third kappa shape index (κ3) is 5.49. The first-order valence-corrected chi connectivity index (χ1v) is 16.0. The lowest BCUT2D eigenvalue weighted by molar-refractivity contribution is 0.102. The van der Waals surface area contributed by atoms with E-state index in [-0.39, 0.29) is 5.78 Å². The molecule has 1 aliphatic heterocycles. The van der Waals surface area contributed by atoms with Gasteiger partial charge in [-0.1, -0.05) is 68.3 Å². The Bertz CT molecular complexity index is 1520. The fraction of sp³-hybridized carbons (Fsp3) is 0.417.